The Morgan fingerprint density at radius 3 is 2.57 bits per heavy atom. The first-order chi connectivity index (χ1) is 14.4. The second kappa shape index (κ2) is 9.77. The Balaban J connectivity index is 1.62. The number of fused-ring (bicyclic) bond motifs is 1. The van der Waals surface area contributed by atoms with Gasteiger partial charge in [-0.3, -0.25) is 19.8 Å². The Bertz CT molecular complexity index is 937. The zero-order valence-electron chi connectivity index (χ0n) is 17.0. The van der Waals surface area contributed by atoms with E-state index in [4.69, 9.17) is 21.1 Å². The van der Waals surface area contributed by atoms with Crippen LogP contribution in [0.1, 0.15) is 18.1 Å². The maximum atomic E-state index is 12.8. The van der Waals surface area contributed by atoms with Crippen molar-refractivity contribution < 1.29 is 19.2 Å². The Labute approximate surface area is 180 Å². The molecule has 8 nitrogen and oxygen atoms in total. The number of nitrogens with zero attached hydrogens (tertiary/aromatic N) is 3. The van der Waals surface area contributed by atoms with Gasteiger partial charge in [-0.2, -0.15) is 0 Å². The van der Waals surface area contributed by atoms with E-state index in [-0.39, 0.29) is 18.1 Å². The summed E-state index contributed by atoms with van der Waals surface area (Å²) in [5.41, 5.74) is 1.54. The third kappa shape index (κ3) is 5.40. The van der Waals surface area contributed by atoms with Gasteiger partial charge in [-0.1, -0.05) is 17.7 Å². The summed E-state index contributed by atoms with van der Waals surface area (Å²) in [6.07, 6.45) is 0. The molecule has 160 valence electrons. The van der Waals surface area contributed by atoms with Crippen LogP contribution in [0.3, 0.4) is 0 Å². The Kier molecular flexibility index (Phi) is 7.12. The molecule has 0 radical (unpaired) electrons. The number of carbonyl (C=O) groups is 1. The number of halogens is 1. The average Bonchev–Trinajstić information content (AvgIpc) is 2.73. The summed E-state index contributed by atoms with van der Waals surface area (Å²) in [6, 6.07) is 10.00. The van der Waals surface area contributed by atoms with Crippen molar-refractivity contribution in [1.82, 2.24) is 9.80 Å². The van der Waals surface area contributed by atoms with Crippen LogP contribution in [0.4, 0.5) is 5.69 Å². The summed E-state index contributed by atoms with van der Waals surface area (Å²) < 4.78 is 11.1. The van der Waals surface area contributed by atoms with Gasteiger partial charge in [0.05, 0.1) is 11.5 Å². The third-order valence-electron chi connectivity index (χ3n) is 4.80. The topological polar surface area (TPSA) is 85.2 Å². The SMILES string of the molecule is CCN(Cc1ccc2c(c1)OCCO2)C(=O)CN(C)Cc1cc([N+](=O)[O-])ccc1Cl. The van der Waals surface area contributed by atoms with Gasteiger partial charge in [-0.05, 0) is 43.3 Å². The van der Waals surface area contributed by atoms with E-state index in [1.165, 1.54) is 18.2 Å². The number of benzene rings is 2. The van der Waals surface area contributed by atoms with E-state index in [2.05, 4.69) is 0 Å². The fourth-order valence-electron chi connectivity index (χ4n) is 3.26. The molecule has 1 aliphatic rings. The minimum atomic E-state index is -0.461. The number of hydrogen-bond acceptors (Lipinski definition) is 6. The highest BCUT2D eigenvalue weighted by atomic mass is 35.5. The van der Waals surface area contributed by atoms with Crippen LogP contribution < -0.4 is 9.47 Å². The van der Waals surface area contributed by atoms with Crippen LogP contribution in [0.15, 0.2) is 36.4 Å². The van der Waals surface area contributed by atoms with Crippen molar-refractivity contribution in [3.63, 3.8) is 0 Å². The fourth-order valence-corrected chi connectivity index (χ4v) is 3.43. The van der Waals surface area contributed by atoms with Crippen molar-refractivity contribution in [2.24, 2.45) is 0 Å². The predicted octanol–water partition coefficient (Wildman–Crippen LogP) is 3.50. The molecule has 0 bridgehead atoms. The van der Waals surface area contributed by atoms with Crippen molar-refractivity contribution in [2.75, 3.05) is 33.4 Å². The molecule has 0 aromatic heterocycles. The monoisotopic (exact) mass is 433 g/mol. The number of non-ortho nitro benzene ring substituents is 1. The minimum Gasteiger partial charge on any atom is -0.486 e. The third-order valence-corrected chi connectivity index (χ3v) is 5.17. The van der Waals surface area contributed by atoms with Crippen molar-refractivity contribution >= 4 is 23.2 Å². The molecule has 1 aliphatic heterocycles. The molecule has 9 heteroatoms. The number of likely N-dealkylation sites (N-methyl/N-ethyl adjacent to an activating group) is 2. The molecule has 2 aromatic carbocycles. The lowest BCUT2D eigenvalue weighted by molar-refractivity contribution is -0.384. The minimum absolute atomic E-state index is 0.0251. The van der Waals surface area contributed by atoms with E-state index in [1.54, 1.807) is 16.8 Å². The molecule has 0 saturated heterocycles. The van der Waals surface area contributed by atoms with E-state index in [0.29, 0.717) is 54.9 Å². The average molecular weight is 434 g/mol. The Morgan fingerprint density at radius 1 is 1.13 bits per heavy atom. The lowest BCUT2D eigenvalue weighted by Crippen LogP contribution is -2.38. The van der Waals surface area contributed by atoms with Gasteiger partial charge in [-0.15, -0.1) is 0 Å². The molecule has 1 heterocycles. The standard InChI is InChI=1S/C21H24ClN3O5/c1-3-24(12-15-4-7-19-20(10-15)30-9-8-29-19)21(26)14-23(2)13-16-11-17(25(27)28)5-6-18(16)22/h4-7,10-11H,3,8-9,12-14H2,1-2H3. The molecule has 0 atom stereocenters. The van der Waals surface area contributed by atoms with Crippen molar-refractivity contribution in [2.45, 2.75) is 20.0 Å². The highest BCUT2D eigenvalue weighted by Gasteiger charge is 2.18. The number of rotatable bonds is 8. The Morgan fingerprint density at radius 2 is 1.87 bits per heavy atom. The van der Waals surface area contributed by atoms with Gasteiger partial charge in [0.2, 0.25) is 5.91 Å². The molecule has 1 amide bonds. The van der Waals surface area contributed by atoms with Gasteiger partial charge < -0.3 is 14.4 Å². The van der Waals surface area contributed by atoms with Gasteiger partial charge in [0.25, 0.3) is 5.69 Å². The largest absolute Gasteiger partial charge is 0.486 e. The van der Waals surface area contributed by atoms with Gasteiger partial charge in [0.1, 0.15) is 13.2 Å². The zero-order valence-corrected chi connectivity index (χ0v) is 17.7. The lowest BCUT2D eigenvalue weighted by atomic mass is 10.1. The number of carbonyl (C=O) groups excluding carboxylic acids is 1. The van der Waals surface area contributed by atoms with Crippen LogP contribution in [0.25, 0.3) is 0 Å². The lowest BCUT2D eigenvalue weighted by Gasteiger charge is -2.25. The van der Waals surface area contributed by atoms with Crippen LogP contribution in [0.2, 0.25) is 5.02 Å². The van der Waals surface area contributed by atoms with Gasteiger partial charge in [0, 0.05) is 36.8 Å². The molecule has 0 unspecified atom stereocenters. The van der Waals surface area contributed by atoms with Crippen LogP contribution >= 0.6 is 11.6 Å². The Hall–Kier alpha value is -2.84. The summed E-state index contributed by atoms with van der Waals surface area (Å²) in [7, 11) is 1.78. The van der Waals surface area contributed by atoms with Crippen molar-refractivity contribution in [1.29, 1.82) is 0 Å². The second-order valence-electron chi connectivity index (χ2n) is 7.09. The first kappa shape index (κ1) is 21.9. The van der Waals surface area contributed by atoms with E-state index in [9.17, 15) is 14.9 Å². The van der Waals surface area contributed by atoms with E-state index in [0.717, 1.165) is 5.56 Å². The maximum absolute atomic E-state index is 12.8. The first-order valence-electron chi connectivity index (χ1n) is 9.65. The summed E-state index contributed by atoms with van der Waals surface area (Å²) in [4.78, 5) is 26.9. The highest BCUT2D eigenvalue weighted by Crippen LogP contribution is 2.31. The maximum Gasteiger partial charge on any atom is 0.269 e. The molecule has 0 saturated carbocycles. The molecule has 0 aliphatic carbocycles. The number of ether oxygens (including phenoxy) is 2. The van der Waals surface area contributed by atoms with Crippen molar-refractivity contribution in [3.05, 3.63) is 62.7 Å². The molecule has 0 fully saturated rings. The van der Waals surface area contributed by atoms with Crippen molar-refractivity contribution in [3.8, 4) is 11.5 Å². The quantitative estimate of drug-likeness (QED) is 0.468. The normalized spacial score (nSPS) is 12.7. The summed E-state index contributed by atoms with van der Waals surface area (Å²) in [6.45, 7) is 4.47. The summed E-state index contributed by atoms with van der Waals surface area (Å²) in [5, 5.41) is 11.4. The second-order valence-corrected chi connectivity index (χ2v) is 7.50. The van der Waals surface area contributed by atoms with Crippen LogP contribution in [0, 0.1) is 10.1 Å². The summed E-state index contributed by atoms with van der Waals surface area (Å²) >= 11 is 6.17. The zero-order chi connectivity index (χ0) is 21.7. The number of amides is 1. The summed E-state index contributed by atoms with van der Waals surface area (Å²) in [5.74, 6) is 1.36. The number of hydrogen-bond donors (Lipinski definition) is 0. The van der Waals surface area contributed by atoms with Crippen LogP contribution in [-0.2, 0) is 17.9 Å². The number of nitro benzene ring substituents is 1. The van der Waals surface area contributed by atoms with Gasteiger partial charge in [0.15, 0.2) is 11.5 Å². The molecule has 30 heavy (non-hydrogen) atoms. The van der Waals surface area contributed by atoms with Gasteiger partial charge >= 0.3 is 0 Å². The fraction of sp³-hybridized carbons (Fsp3) is 0.381. The smallest absolute Gasteiger partial charge is 0.269 e. The van der Waals surface area contributed by atoms with E-state index < -0.39 is 4.92 Å². The molecule has 3 rings (SSSR count). The van der Waals surface area contributed by atoms with E-state index >= 15 is 0 Å². The van der Waals surface area contributed by atoms with E-state index in [1.807, 2.05) is 25.1 Å². The molecular weight excluding hydrogens is 410 g/mol. The molecule has 2 aromatic rings. The predicted molar refractivity (Wildman–Crippen MR) is 113 cm³/mol. The molecule has 0 N–H and O–H groups in total. The highest BCUT2D eigenvalue weighted by molar-refractivity contribution is 6.31. The van der Waals surface area contributed by atoms with Gasteiger partial charge in [-0.25, -0.2) is 0 Å². The first-order valence-corrected chi connectivity index (χ1v) is 10.0. The van der Waals surface area contributed by atoms with Crippen LogP contribution in [0.5, 0.6) is 11.5 Å². The molecule has 0 spiro atoms. The number of nitro groups is 1. The molecular formula is C21H24ClN3O5. The van der Waals surface area contributed by atoms with Crippen LogP contribution in [-0.4, -0.2) is 54.0 Å².